The van der Waals surface area contributed by atoms with Gasteiger partial charge in [-0.05, 0) is 46.0 Å². The highest BCUT2D eigenvalue weighted by Gasteiger charge is 2.19. The molecular formula is C15H22BrNO3. The zero-order chi connectivity index (χ0) is 15.1. The zero-order valence-corrected chi connectivity index (χ0v) is 14.0. The van der Waals surface area contributed by atoms with Gasteiger partial charge in [0.2, 0.25) is 0 Å². The van der Waals surface area contributed by atoms with Gasteiger partial charge in [-0.1, -0.05) is 19.9 Å². The molecular weight excluding hydrogens is 322 g/mol. The van der Waals surface area contributed by atoms with Crippen LogP contribution in [0.15, 0.2) is 22.7 Å². The van der Waals surface area contributed by atoms with Crippen LogP contribution in [-0.2, 0) is 16.1 Å². The third-order valence-electron chi connectivity index (χ3n) is 2.96. The molecule has 1 aromatic rings. The van der Waals surface area contributed by atoms with E-state index >= 15 is 0 Å². The Kier molecular flexibility index (Phi) is 7.02. The van der Waals surface area contributed by atoms with Crippen LogP contribution in [-0.4, -0.2) is 26.2 Å². The Labute approximate surface area is 129 Å². The van der Waals surface area contributed by atoms with E-state index in [4.69, 9.17) is 9.47 Å². The SMILES string of the molecule is COC(=O)C(CC(C)C)NCc1ccc(OC)c(Br)c1. The second-order valence-electron chi connectivity index (χ2n) is 5.06. The number of benzene rings is 1. The molecule has 0 amide bonds. The van der Waals surface area contributed by atoms with Crippen LogP contribution in [0.1, 0.15) is 25.8 Å². The summed E-state index contributed by atoms with van der Waals surface area (Å²) < 4.78 is 10.9. The van der Waals surface area contributed by atoms with E-state index in [0.717, 1.165) is 22.2 Å². The van der Waals surface area contributed by atoms with Crippen molar-refractivity contribution in [2.45, 2.75) is 32.9 Å². The molecule has 0 radical (unpaired) electrons. The summed E-state index contributed by atoms with van der Waals surface area (Å²) in [7, 11) is 3.05. The monoisotopic (exact) mass is 343 g/mol. The molecule has 0 saturated heterocycles. The van der Waals surface area contributed by atoms with Crippen LogP contribution in [0.3, 0.4) is 0 Å². The second-order valence-corrected chi connectivity index (χ2v) is 5.91. The lowest BCUT2D eigenvalue weighted by molar-refractivity contribution is -0.143. The van der Waals surface area contributed by atoms with E-state index < -0.39 is 0 Å². The number of ether oxygens (including phenoxy) is 2. The number of carbonyl (C=O) groups excluding carboxylic acids is 1. The first kappa shape index (κ1) is 17.0. The molecule has 0 aliphatic rings. The van der Waals surface area contributed by atoms with E-state index in [-0.39, 0.29) is 12.0 Å². The molecule has 112 valence electrons. The van der Waals surface area contributed by atoms with Gasteiger partial charge in [0.25, 0.3) is 0 Å². The Hall–Kier alpha value is -1.07. The number of esters is 1. The first-order valence-electron chi connectivity index (χ1n) is 6.61. The molecule has 0 saturated carbocycles. The van der Waals surface area contributed by atoms with Gasteiger partial charge in [-0.2, -0.15) is 0 Å². The molecule has 0 bridgehead atoms. The number of carbonyl (C=O) groups is 1. The predicted octanol–water partition coefficient (Wildman–Crippen LogP) is 3.14. The summed E-state index contributed by atoms with van der Waals surface area (Å²) in [4.78, 5) is 11.7. The van der Waals surface area contributed by atoms with Gasteiger partial charge in [-0.3, -0.25) is 4.79 Å². The summed E-state index contributed by atoms with van der Waals surface area (Å²) >= 11 is 3.45. The summed E-state index contributed by atoms with van der Waals surface area (Å²) in [5.74, 6) is 1.00. The highest BCUT2D eigenvalue weighted by molar-refractivity contribution is 9.10. The Morgan fingerprint density at radius 1 is 1.35 bits per heavy atom. The van der Waals surface area contributed by atoms with Crippen LogP contribution in [0, 0.1) is 5.92 Å². The van der Waals surface area contributed by atoms with Crippen LogP contribution in [0.5, 0.6) is 5.75 Å². The molecule has 5 heteroatoms. The fraction of sp³-hybridized carbons (Fsp3) is 0.533. The summed E-state index contributed by atoms with van der Waals surface area (Å²) in [5, 5.41) is 3.25. The van der Waals surface area contributed by atoms with E-state index in [1.165, 1.54) is 7.11 Å². The zero-order valence-electron chi connectivity index (χ0n) is 12.4. The van der Waals surface area contributed by atoms with Gasteiger partial charge in [-0.15, -0.1) is 0 Å². The maximum Gasteiger partial charge on any atom is 0.322 e. The minimum absolute atomic E-state index is 0.216. The molecule has 1 unspecified atom stereocenters. The largest absolute Gasteiger partial charge is 0.496 e. The predicted molar refractivity (Wildman–Crippen MR) is 82.8 cm³/mol. The Morgan fingerprint density at radius 3 is 2.55 bits per heavy atom. The van der Waals surface area contributed by atoms with Gasteiger partial charge in [0.15, 0.2) is 0 Å². The van der Waals surface area contributed by atoms with Crippen molar-refractivity contribution in [1.29, 1.82) is 0 Å². The van der Waals surface area contributed by atoms with Crippen LogP contribution in [0.2, 0.25) is 0 Å². The highest BCUT2D eigenvalue weighted by Crippen LogP contribution is 2.25. The van der Waals surface area contributed by atoms with Gasteiger partial charge in [0.1, 0.15) is 11.8 Å². The van der Waals surface area contributed by atoms with Gasteiger partial charge in [0, 0.05) is 6.54 Å². The number of hydrogen-bond acceptors (Lipinski definition) is 4. The summed E-state index contributed by atoms with van der Waals surface area (Å²) in [6.07, 6.45) is 0.754. The lowest BCUT2D eigenvalue weighted by atomic mass is 10.0. The maximum absolute atomic E-state index is 11.7. The maximum atomic E-state index is 11.7. The van der Waals surface area contributed by atoms with Crippen molar-refractivity contribution >= 4 is 21.9 Å². The molecule has 0 spiro atoms. The summed E-state index contributed by atoms with van der Waals surface area (Å²) in [5.41, 5.74) is 1.08. The third kappa shape index (κ3) is 5.13. The number of rotatable bonds is 7. The van der Waals surface area contributed by atoms with Crippen molar-refractivity contribution in [3.63, 3.8) is 0 Å². The van der Waals surface area contributed by atoms with Gasteiger partial charge >= 0.3 is 5.97 Å². The summed E-state index contributed by atoms with van der Waals surface area (Å²) in [6.45, 7) is 4.78. The number of halogens is 1. The Bertz CT molecular complexity index is 449. The highest BCUT2D eigenvalue weighted by atomic mass is 79.9. The van der Waals surface area contributed by atoms with E-state index in [2.05, 4.69) is 35.1 Å². The molecule has 1 rings (SSSR count). The van der Waals surface area contributed by atoms with Crippen molar-refractivity contribution in [2.75, 3.05) is 14.2 Å². The van der Waals surface area contributed by atoms with Gasteiger partial charge in [0.05, 0.1) is 18.7 Å². The van der Waals surface area contributed by atoms with Crippen LogP contribution < -0.4 is 10.1 Å². The van der Waals surface area contributed by atoms with E-state index in [9.17, 15) is 4.79 Å². The van der Waals surface area contributed by atoms with E-state index in [1.807, 2.05) is 18.2 Å². The molecule has 0 aliphatic carbocycles. The second kappa shape index (κ2) is 8.27. The van der Waals surface area contributed by atoms with Crippen molar-refractivity contribution in [2.24, 2.45) is 5.92 Å². The topological polar surface area (TPSA) is 47.6 Å². The quantitative estimate of drug-likeness (QED) is 0.772. The minimum Gasteiger partial charge on any atom is -0.496 e. The van der Waals surface area contributed by atoms with Crippen molar-refractivity contribution in [1.82, 2.24) is 5.32 Å². The first-order chi connectivity index (χ1) is 9.47. The number of methoxy groups -OCH3 is 2. The van der Waals surface area contributed by atoms with E-state index in [0.29, 0.717) is 12.5 Å². The van der Waals surface area contributed by atoms with Crippen LogP contribution in [0.4, 0.5) is 0 Å². The molecule has 4 nitrogen and oxygen atoms in total. The molecule has 1 N–H and O–H groups in total. The van der Waals surface area contributed by atoms with Gasteiger partial charge < -0.3 is 14.8 Å². The molecule has 1 atom stereocenters. The minimum atomic E-state index is -0.277. The van der Waals surface area contributed by atoms with Crippen LogP contribution >= 0.6 is 15.9 Å². The molecule has 20 heavy (non-hydrogen) atoms. The Balaban J connectivity index is 2.67. The van der Waals surface area contributed by atoms with E-state index in [1.54, 1.807) is 7.11 Å². The smallest absolute Gasteiger partial charge is 0.322 e. The van der Waals surface area contributed by atoms with Crippen molar-refractivity contribution in [3.8, 4) is 5.75 Å². The standard InChI is InChI=1S/C15H22BrNO3/c1-10(2)7-13(15(18)20-4)17-9-11-5-6-14(19-3)12(16)8-11/h5-6,8,10,13,17H,7,9H2,1-4H3. The number of hydrogen-bond donors (Lipinski definition) is 1. The first-order valence-corrected chi connectivity index (χ1v) is 7.40. The fourth-order valence-electron chi connectivity index (χ4n) is 1.94. The molecule has 1 aromatic carbocycles. The number of nitrogens with one attached hydrogen (secondary N) is 1. The van der Waals surface area contributed by atoms with Crippen molar-refractivity contribution < 1.29 is 14.3 Å². The Morgan fingerprint density at radius 2 is 2.05 bits per heavy atom. The normalized spacial score (nSPS) is 12.3. The lowest BCUT2D eigenvalue weighted by Gasteiger charge is -2.18. The fourth-order valence-corrected chi connectivity index (χ4v) is 2.53. The average molecular weight is 344 g/mol. The average Bonchev–Trinajstić information content (AvgIpc) is 2.42. The van der Waals surface area contributed by atoms with Crippen molar-refractivity contribution in [3.05, 3.63) is 28.2 Å². The van der Waals surface area contributed by atoms with Gasteiger partial charge in [-0.25, -0.2) is 0 Å². The molecule has 0 aliphatic heterocycles. The third-order valence-corrected chi connectivity index (χ3v) is 3.58. The molecule has 0 aromatic heterocycles. The summed E-state index contributed by atoms with van der Waals surface area (Å²) in [6, 6.07) is 5.58. The molecule has 0 heterocycles. The van der Waals surface area contributed by atoms with Crippen LogP contribution in [0.25, 0.3) is 0 Å². The molecule has 0 fully saturated rings. The lowest BCUT2D eigenvalue weighted by Crippen LogP contribution is -2.38.